The largest absolute Gasteiger partial charge is 0.465 e. The van der Waals surface area contributed by atoms with Crippen LogP contribution in [-0.2, 0) is 38.6 Å². The van der Waals surface area contributed by atoms with Crippen molar-refractivity contribution in [3.63, 3.8) is 0 Å². The summed E-state index contributed by atoms with van der Waals surface area (Å²) < 4.78 is 28.7. The SMILES string of the molecule is CCS(=O)(=O)c1ccc(CC(=O)Nc2sc3c(c2C(=O)OC)CCC(C)C3)cc1. The van der Waals surface area contributed by atoms with Gasteiger partial charge in [0, 0.05) is 4.88 Å². The van der Waals surface area contributed by atoms with Crippen LogP contribution >= 0.6 is 11.3 Å². The lowest BCUT2D eigenvalue weighted by Crippen LogP contribution is -2.17. The number of thiophene rings is 1. The molecule has 6 nitrogen and oxygen atoms in total. The number of amides is 1. The molecule has 0 aliphatic heterocycles. The van der Waals surface area contributed by atoms with Gasteiger partial charge in [-0.05, 0) is 48.4 Å². The highest BCUT2D eigenvalue weighted by Gasteiger charge is 2.28. The second-order valence-electron chi connectivity index (χ2n) is 7.32. The Kier molecular flexibility index (Phi) is 6.43. The Balaban J connectivity index is 1.78. The number of rotatable bonds is 6. The first-order valence-corrected chi connectivity index (χ1v) is 12.1. The predicted octanol–water partition coefficient (Wildman–Crippen LogP) is 3.63. The Morgan fingerprint density at radius 1 is 1.24 bits per heavy atom. The molecule has 1 aromatic carbocycles. The molecule has 1 amide bonds. The molecule has 0 bridgehead atoms. The molecule has 3 rings (SSSR count). The van der Waals surface area contributed by atoms with Crippen molar-refractivity contribution < 1.29 is 22.7 Å². The third-order valence-corrected chi connectivity index (χ3v) is 8.10. The molecule has 1 aliphatic rings. The summed E-state index contributed by atoms with van der Waals surface area (Å²) in [4.78, 5) is 26.3. The Labute approximate surface area is 175 Å². The number of fused-ring (bicyclic) bond motifs is 1. The average Bonchev–Trinajstić information content (AvgIpc) is 3.04. The van der Waals surface area contributed by atoms with E-state index in [2.05, 4.69) is 12.2 Å². The molecule has 1 heterocycles. The number of ether oxygens (including phenoxy) is 1. The minimum absolute atomic E-state index is 0.0325. The zero-order valence-electron chi connectivity index (χ0n) is 16.8. The van der Waals surface area contributed by atoms with E-state index in [-0.39, 0.29) is 23.0 Å². The second kappa shape index (κ2) is 8.67. The maximum atomic E-state index is 12.6. The summed E-state index contributed by atoms with van der Waals surface area (Å²) in [7, 11) is -1.92. The molecule has 0 spiro atoms. The third-order valence-electron chi connectivity index (χ3n) is 5.18. The molecule has 1 N–H and O–H groups in total. The zero-order chi connectivity index (χ0) is 21.2. The van der Waals surface area contributed by atoms with Gasteiger partial charge in [0.2, 0.25) is 5.91 Å². The van der Waals surface area contributed by atoms with Gasteiger partial charge < -0.3 is 10.1 Å². The van der Waals surface area contributed by atoms with Crippen LogP contribution in [0.3, 0.4) is 0 Å². The summed E-state index contributed by atoms with van der Waals surface area (Å²) in [5.74, 6) is -0.104. The Morgan fingerprint density at radius 2 is 1.93 bits per heavy atom. The number of esters is 1. The molecular formula is C21H25NO5S2. The maximum Gasteiger partial charge on any atom is 0.341 e. The van der Waals surface area contributed by atoms with Crippen molar-refractivity contribution in [2.75, 3.05) is 18.2 Å². The summed E-state index contributed by atoms with van der Waals surface area (Å²) >= 11 is 1.44. The van der Waals surface area contributed by atoms with E-state index in [1.807, 2.05) is 0 Å². The van der Waals surface area contributed by atoms with E-state index in [1.54, 1.807) is 19.1 Å². The van der Waals surface area contributed by atoms with E-state index in [4.69, 9.17) is 4.74 Å². The Bertz CT molecular complexity index is 1020. The normalized spacial score (nSPS) is 16.2. The molecule has 1 aromatic heterocycles. The van der Waals surface area contributed by atoms with Gasteiger partial charge in [-0.15, -0.1) is 11.3 Å². The Morgan fingerprint density at radius 3 is 2.55 bits per heavy atom. The van der Waals surface area contributed by atoms with E-state index < -0.39 is 15.8 Å². The monoisotopic (exact) mass is 435 g/mol. The fourth-order valence-electron chi connectivity index (χ4n) is 3.49. The van der Waals surface area contributed by atoms with Gasteiger partial charge in [0.1, 0.15) is 5.00 Å². The fraction of sp³-hybridized carbons (Fsp3) is 0.429. The van der Waals surface area contributed by atoms with Crippen LogP contribution in [0.15, 0.2) is 29.2 Å². The van der Waals surface area contributed by atoms with E-state index in [9.17, 15) is 18.0 Å². The number of hydrogen-bond donors (Lipinski definition) is 1. The van der Waals surface area contributed by atoms with Crippen molar-refractivity contribution >= 4 is 38.1 Å². The van der Waals surface area contributed by atoms with Crippen LogP contribution in [0.1, 0.15) is 46.6 Å². The number of carbonyl (C=O) groups is 2. The minimum Gasteiger partial charge on any atom is -0.465 e. The van der Waals surface area contributed by atoms with Crippen molar-refractivity contribution in [1.82, 2.24) is 0 Å². The molecular weight excluding hydrogens is 410 g/mol. The molecule has 0 radical (unpaired) electrons. The molecule has 2 aromatic rings. The summed E-state index contributed by atoms with van der Waals surface area (Å²) in [6.45, 7) is 3.78. The van der Waals surface area contributed by atoms with Gasteiger partial charge in [0.25, 0.3) is 0 Å². The number of sulfone groups is 1. The van der Waals surface area contributed by atoms with E-state index >= 15 is 0 Å². The minimum atomic E-state index is -3.27. The van der Waals surface area contributed by atoms with Gasteiger partial charge in [-0.25, -0.2) is 13.2 Å². The van der Waals surface area contributed by atoms with E-state index in [1.165, 1.54) is 30.6 Å². The number of nitrogens with one attached hydrogen (secondary N) is 1. The number of carbonyl (C=O) groups excluding carboxylic acids is 2. The first kappa shape index (κ1) is 21.5. The molecule has 1 aliphatic carbocycles. The van der Waals surface area contributed by atoms with Gasteiger partial charge >= 0.3 is 5.97 Å². The lowest BCUT2D eigenvalue weighted by molar-refractivity contribution is -0.115. The third kappa shape index (κ3) is 4.70. The molecule has 0 fully saturated rings. The fourth-order valence-corrected chi connectivity index (χ4v) is 5.79. The summed E-state index contributed by atoms with van der Waals surface area (Å²) in [5, 5.41) is 3.40. The van der Waals surface area contributed by atoms with Gasteiger partial charge in [-0.3, -0.25) is 4.79 Å². The van der Waals surface area contributed by atoms with E-state index in [0.717, 1.165) is 29.7 Å². The van der Waals surface area contributed by atoms with Crippen LogP contribution in [-0.4, -0.2) is 33.2 Å². The summed E-state index contributed by atoms with van der Waals surface area (Å²) in [5.41, 5.74) is 2.16. The number of anilines is 1. The van der Waals surface area contributed by atoms with Crippen LogP contribution < -0.4 is 5.32 Å². The first-order chi connectivity index (χ1) is 13.7. The second-order valence-corrected chi connectivity index (χ2v) is 10.7. The number of hydrogen-bond acceptors (Lipinski definition) is 6. The quantitative estimate of drug-likeness (QED) is 0.700. The first-order valence-electron chi connectivity index (χ1n) is 9.59. The zero-order valence-corrected chi connectivity index (χ0v) is 18.4. The highest BCUT2D eigenvalue weighted by Crippen LogP contribution is 2.40. The molecule has 0 saturated heterocycles. The van der Waals surface area contributed by atoms with Gasteiger partial charge in [-0.2, -0.15) is 0 Å². The number of methoxy groups -OCH3 is 1. The van der Waals surface area contributed by atoms with Crippen molar-refractivity contribution in [1.29, 1.82) is 0 Å². The van der Waals surface area contributed by atoms with Crippen LogP contribution in [0.25, 0.3) is 0 Å². The lowest BCUT2D eigenvalue weighted by atomic mass is 9.88. The molecule has 8 heteroatoms. The van der Waals surface area contributed by atoms with Crippen molar-refractivity contribution in [2.45, 2.75) is 44.4 Å². The summed E-state index contributed by atoms with van der Waals surface area (Å²) in [6.07, 6.45) is 2.80. The maximum absolute atomic E-state index is 12.6. The smallest absolute Gasteiger partial charge is 0.341 e. The summed E-state index contributed by atoms with van der Waals surface area (Å²) in [6, 6.07) is 6.33. The number of benzene rings is 1. The average molecular weight is 436 g/mol. The molecule has 1 unspecified atom stereocenters. The van der Waals surface area contributed by atoms with Gasteiger partial charge in [0.15, 0.2) is 9.84 Å². The Hall–Kier alpha value is -2.19. The van der Waals surface area contributed by atoms with E-state index in [0.29, 0.717) is 22.0 Å². The van der Waals surface area contributed by atoms with Gasteiger partial charge in [-0.1, -0.05) is 26.0 Å². The van der Waals surface area contributed by atoms with Crippen LogP contribution in [0.4, 0.5) is 5.00 Å². The molecule has 29 heavy (non-hydrogen) atoms. The van der Waals surface area contributed by atoms with Crippen LogP contribution in [0, 0.1) is 5.92 Å². The van der Waals surface area contributed by atoms with Crippen molar-refractivity contribution in [3.8, 4) is 0 Å². The van der Waals surface area contributed by atoms with Crippen molar-refractivity contribution in [2.24, 2.45) is 5.92 Å². The standard InChI is InChI=1S/C21H25NO5S2/c1-4-29(25,26)15-8-6-14(7-9-15)12-18(23)22-20-19(21(24)27-3)16-10-5-13(2)11-17(16)28-20/h6-9,13H,4-5,10-12H2,1-3H3,(H,22,23). The predicted molar refractivity (Wildman–Crippen MR) is 113 cm³/mol. The molecule has 1 atom stereocenters. The van der Waals surface area contributed by atoms with Crippen LogP contribution in [0.5, 0.6) is 0 Å². The van der Waals surface area contributed by atoms with Crippen LogP contribution in [0.2, 0.25) is 0 Å². The van der Waals surface area contributed by atoms with Crippen molar-refractivity contribution in [3.05, 3.63) is 45.8 Å². The molecule has 156 valence electrons. The van der Waals surface area contributed by atoms with Gasteiger partial charge in [0.05, 0.1) is 29.7 Å². The lowest BCUT2D eigenvalue weighted by Gasteiger charge is -2.18. The molecule has 0 saturated carbocycles. The highest BCUT2D eigenvalue weighted by atomic mass is 32.2. The topological polar surface area (TPSA) is 89.5 Å². The highest BCUT2D eigenvalue weighted by molar-refractivity contribution is 7.91.